The van der Waals surface area contributed by atoms with Gasteiger partial charge in [-0.25, -0.2) is 4.98 Å². The molecule has 1 atom stereocenters. The van der Waals surface area contributed by atoms with Crippen LogP contribution in [0, 0.1) is 0 Å². The number of carbonyl (C=O) groups is 1. The molecule has 1 N–H and O–H groups in total. The number of hydrogen-bond donors (Lipinski definition) is 1. The third-order valence-electron chi connectivity index (χ3n) is 2.17. The lowest BCUT2D eigenvalue weighted by Crippen LogP contribution is -2.30. The van der Waals surface area contributed by atoms with Crippen LogP contribution in [0.15, 0.2) is 35.8 Å². The topological polar surface area (TPSA) is 51.2 Å². The summed E-state index contributed by atoms with van der Waals surface area (Å²) in [6, 6.07) is 7.03. The van der Waals surface area contributed by atoms with Gasteiger partial charge < -0.3 is 4.74 Å². The van der Waals surface area contributed by atoms with Crippen molar-refractivity contribution in [3.63, 3.8) is 0 Å². The molecule has 18 heavy (non-hydrogen) atoms. The van der Waals surface area contributed by atoms with Gasteiger partial charge in [0, 0.05) is 11.6 Å². The summed E-state index contributed by atoms with van der Waals surface area (Å²) in [6.45, 7) is 1.66. The van der Waals surface area contributed by atoms with Gasteiger partial charge in [0.05, 0.1) is 5.02 Å². The fourth-order valence-corrected chi connectivity index (χ4v) is 1.99. The highest BCUT2D eigenvalue weighted by molar-refractivity contribution is 7.13. The Morgan fingerprint density at radius 3 is 2.94 bits per heavy atom. The molecule has 2 rings (SSSR count). The second kappa shape index (κ2) is 5.84. The summed E-state index contributed by atoms with van der Waals surface area (Å²) in [5.41, 5.74) is 0. The number of hydrogen-bond acceptors (Lipinski definition) is 4. The summed E-state index contributed by atoms with van der Waals surface area (Å²) >= 11 is 7.30. The van der Waals surface area contributed by atoms with E-state index in [1.165, 1.54) is 11.3 Å². The van der Waals surface area contributed by atoms with Gasteiger partial charge >= 0.3 is 0 Å². The van der Waals surface area contributed by atoms with E-state index in [0.717, 1.165) is 0 Å². The summed E-state index contributed by atoms with van der Waals surface area (Å²) in [6.07, 6.45) is 0.980. The first-order valence-corrected chi connectivity index (χ1v) is 6.54. The Bertz CT molecular complexity index is 531. The second-order valence-electron chi connectivity index (χ2n) is 3.52. The molecular formula is C12H11ClN2O2S. The van der Waals surface area contributed by atoms with Gasteiger partial charge in [0.15, 0.2) is 11.2 Å². The molecule has 6 heteroatoms. The summed E-state index contributed by atoms with van der Waals surface area (Å²) in [5, 5.41) is 5.48. The Balaban J connectivity index is 1.97. The molecule has 0 aliphatic carbocycles. The lowest BCUT2D eigenvalue weighted by Gasteiger charge is -2.14. The number of halogens is 1. The van der Waals surface area contributed by atoms with E-state index in [0.29, 0.717) is 15.9 Å². The zero-order chi connectivity index (χ0) is 13.0. The van der Waals surface area contributed by atoms with E-state index in [-0.39, 0.29) is 5.91 Å². The number of aromatic nitrogens is 1. The largest absolute Gasteiger partial charge is 0.479 e. The van der Waals surface area contributed by atoms with Crippen LogP contribution in [0.2, 0.25) is 5.02 Å². The number of benzene rings is 1. The molecule has 0 saturated heterocycles. The quantitative estimate of drug-likeness (QED) is 0.937. The minimum Gasteiger partial charge on any atom is -0.479 e. The highest BCUT2D eigenvalue weighted by Crippen LogP contribution is 2.24. The average molecular weight is 283 g/mol. The highest BCUT2D eigenvalue weighted by Gasteiger charge is 2.16. The molecule has 1 aromatic carbocycles. The maximum atomic E-state index is 11.8. The molecular weight excluding hydrogens is 272 g/mol. The van der Waals surface area contributed by atoms with Gasteiger partial charge in [-0.15, -0.1) is 11.3 Å². The number of thiazole rings is 1. The lowest BCUT2D eigenvalue weighted by atomic mass is 10.3. The molecule has 0 radical (unpaired) electrons. The predicted octanol–water partition coefficient (Wildman–Crippen LogP) is 3.20. The van der Waals surface area contributed by atoms with Crippen LogP contribution in [0.4, 0.5) is 5.13 Å². The van der Waals surface area contributed by atoms with Crippen LogP contribution in [0.1, 0.15) is 6.92 Å². The zero-order valence-electron chi connectivity index (χ0n) is 9.59. The van der Waals surface area contributed by atoms with Gasteiger partial charge in [-0.1, -0.05) is 23.7 Å². The number of rotatable bonds is 4. The molecule has 1 aromatic heterocycles. The number of ether oxygens (including phenoxy) is 1. The van der Waals surface area contributed by atoms with Gasteiger partial charge in [0.2, 0.25) is 0 Å². The summed E-state index contributed by atoms with van der Waals surface area (Å²) in [4.78, 5) is 15.8. The molecule has 0 aliphatic rings. The number of carbonyl (C=O) groups excluding carboxylic acids is 1. The fraction of sp³-hybridized carbons (Fsp3) is 0.167. The van der Waals surface area contributed by atoms with Crippen molar-refractivity contribution in [3.8, 4) is 5.75 Å². The standard InChI is InChI=1S/C12H11ClN2O2S/c1-8(11(16)15-12-14-6-7-18-12)17-10-5-3-2-4-9(10)13/h2-8H,1H3,(H,14,15,16)/t8-/m0/s1. The van der Waals surface area contributed by atoms with E-state index < -0.39 is 6.10 Å². The number of amides is 1. The van der Waals surface area contributed by atoms with Gasteiger partial charge in [0.25, 0.3) is 5.91 Å². The minimum atomic E-state index is -0.645. The second-order valence-corrected chi connectivity index (χ2v) is 4.82. The van der Waals surface area contributed by atoms with Gasteiger partial charge in [-0.2, -0.15) is 0 Å². The van der Waals surface area contributed by atoms with Crippen molar-refractivity contribution in [2.24, 2.45) is 0 Å². The number of para-hydroxylation sites is 1. The maximum absolute atomic E-state index is 11.8. The lowest BCUT2D eigenvalue weighted by molar-refractivity contribution is -0.122. The molecule has 94 valence electrons. The highest BCUT2D eigenvalue weighted by atomic mass is 35.5. The van der Waals surface area contributed by atoms with Crippen molar-refractivity contribution in [1.29, 1.82) is 0 Å². The molecule has 2 aromatic rings. The van der Waals surface area contributed by atoms with Crippen molar-refractivity contribution in [2.75, 3.05) is 5.32 Å². The SMILES string of the molecule is C[C@H](Oc1ccccc1Cl)C(=O)Nc1nccs1. The summed E-state index contributed by atoms with van der Waals surface area (Å²) in [7, 11) is 0. The molecule has 1 amide bonds. The first-order valence-electron chi connectivity index (χ1n) is 5.28. The normalized spacial score (nSPS) is 11.9. The van der Waals surface area contributed by atoms with Crippen LogP contribution < -0.4 is 10.1 Å². The summed E-state index contributed by atoms with van der Waals surface area (Å²) in [5.74, 6) is 0.228. The Kier molecular flexibility index (Phi) is 4.17. The van der Waals surface area contributed by atoms with Crippen LogP contribution in [-0.4, -0.2) is 17.0 Å². The van der Waals surface area contributed by atoms with Crippen LogP contribution in [-0.2, 0) is 4.79 Å². The fourth-order valence-electron chi connectivity index (χ4n) is 1.28. The van der Waals surface area contributed by atoms with Crippen LogP contribution >= 0.6 is 22.9 Å². The van der Waals surface area contributed by atoms with Crippen LogP contribution in [0.5, 0.6) is 5.75 Å². The van der Waals surface area contributed by atoms with E-state index in [9.17, 15) is 4.79 Å². The smallest absolute Gasteiger partial charge is 0.266 e. The molecule has 0 bridgehead atoms. The van der Waals surface area contributed by atoms with Gasteiger partial charge in [0.1, 0.15) is 5.75 Å². The number of nitrogens with one attached hydrogen (secondary N) is 1. The van der Waals surface area contributed by atoms with Crippen molar-refractivity contribution in [1.82, 2.24) is 4.98 Å². The van der Waals surface area contributed by atoms with Crippen molar-refractivity contribution >= 4 is 34.0 Å². The average Bonchev–Trinajstić information content (AvgIpc) is 2.84. The Morgan fingerprint density at radius 1 is 1.50 bits per heavy atom. The number of anilines is 1. The molecule has 0 saturated carbocycles. The third-order valence-corrected chi connectivity index (χ3v) is 3.17. The monoisotopic (exact) mass is 282 g/mol. The predicted molar refractivity (Wildman–Crippen MR) is 72.3 cm³/mol. The zero-order valence-corrected chi connectivity index (χ0v) is 11.2. The summed E-state index contributed by atoms with van der Waals surface area (Å²) < 4.78 is 5.49. The first kappa shape index (κ1) is 12.9. The third kappa shape index (κ3) is 3.21. The van der Waals surface area contributed by atoms with Gasteiger partial charge in [-0.3, -0.25) is 10.1 Å². The van der Waals surface area contributed by atoms with Crippen LogP contribution in [0.3, 0.4) is 0 Å². The molecule has 0 unspecified atom stereocenters. The van der Waals surface area contributed by atoms with Gasteiger partial charge in [-0.05, 0) is 19.1 Å². The van der Waals surface area contributed by atoms with E-state index in [1.807, 2.05) is 0 Å². The molecule has 0 spiro atoms. The Morgan fingerprint density at radius 2 is 2.28 bits per heavy atom. The minimum absolute atomic E-state index is 0.259. The van der Waals surface area contributed by atoms with E-state index in [1.54, 1.807) is 42.8 Å². The molecule has 4 nitrogen and oxygen atoms in total. The molecule has 1 heterocycles. The maximum Gasteiger partial charge on any atom is 0.266 e. The van der Waals surface area contributed by atoms with E-state index in [2.05, 4.69) is 10.3 Å². The van der Waals surface area contributed by atoms with E-state index >= 15 is 0 Å². The number of nitrogens with zero attached hydrogens (tertiary/aromatic N) is 1. The van der Waals surface area contributed by atoms with Crippen molar-refractivity contribution in [3.05, 3.63) is 40.9 Å². The van der Waals surface area contributed by atoms with E-state index in [4.69, 9.17) is 16.3 Å². The Hall–Kier alpha value is -1.59. The molecule has 0 aliphatic heterocycles. The molecule has 0 fully saturated rings. The van der Waals surface area contributed by atoms with Crippen molar-refractivity contribution < 1.29 is 9.53 Å². The van der Waals surface area contributed by atoms with Crippen molar-refractivity contribution in [2.45, 2.75) is 13.0 Å². The first-order chi connectivity index (χ1) is 8.66. The van der Waals surface area contributed by atoms with Crippen LogP contribution in [0.25, 0.3) is 0 Å². The Labute approximate surface area is 114 Å².